The average Bonchev–Trinajstić information content (AvgIpc) is 2.34. The SMILES string of the molecule is CCc1c(NC)ncnc1N[C@H](CO)C(C)C. The summed E-state index contributed by atoms with van der Waals surface area (Å²) < 4.78 is 0. The third-order valence-electron chi connectivity index (χ3n) is 2.86. The van der Waals surface area contributed by atoms with Gasteiger partial charge in [0.2, 0.25) is 0 Å². The van der Waals surface area contributed by atoms with E-state index in [2.05, 4.69) is 41.4 Å². The van der Waals surface area contributed by atoms with E-state index in [1.807, 2.05) is 7.05 Å². The monoisotopic (exact) mass is 238 g/mol. The number of anilines is 2. The van der Waals surface area contributed by atoms with Crippen LogP contribution in [0.4, 0.5) is 11.6 Å². The Hall–Kier alpha value is -1.36. The first-order chi connectivity index (χ1) is 8.13. The fraction of sp³-hybridized carbons (Fsp3) is 0.667. The van der Waals surface area contributed by atoms with Crippen molar-refractivity contribution >= 4 is 11.6 Å². The Bertz CT molecular complexity index is 354. The zero-order valence-corrected chi connectivity index (χ0v) is 11.0. The molecule has 1 rings (SSSR count). The van der Waals surface area contributed by atoms with Crippen LogP contribution in [0.1, 0.15) is 26.3 Å². The smallest absolute Gasteiger partial charge is 0.135 e. The van der Waals surface area contributed by atoms with Crippen LogP contribution in [0.15, 0.2) is 6.33 Å². The number of nitrogens with zero attached hydrogens (tertiary/aromatic N) is 2. The molecule has 0 saturated heterocycles. The maximum atomic E-state index is 9.33. The van der Waals surface area contributed by atoms with Crippen molar-refractivity contribution in [3.8, 4) is 0 Å². The zero-order chi connectivity index (χ0) is 12.8. The number of hydrogen-bond acceptors (Lipinski definition) is 5. The Morgan fingerprint density at radius 1 is 1.29 bits per heavy atom. The van der Waals surface area contributed by atoms with Gasteiger partial charge in [0, 0.05) is 12.6 Å². The largest absolute Gasteiger partial charge is 0.394 e. The second-order valence-corrected chi connectivity index (χ2v) is 4.33. The van der Waals surface area contributed by atoms with Gasteiger partial charge in [-0.1, -0.05) is 20.8 Å². The van der Waals surface area contributed by atoms with Crippen molar-refractivity contribution in [3.63, 3.8) is 0 Å². The van der Waals surface area contributed by atoms with Crippen molar-refractivity contribution in [2.75, 3.05) is 24.3 Å². The van der Waals surface area contributed by atoms with Gasteiger partial charge in [-0.2, -0.15) is 0 Å². The molecule has 0 aromatic carbocycles. The Balaban J connectivity index is 2.97. The van der Waals surface area contributed by atoms with Gasteiger partial charge in [0.25, 0.3) is 0 Å². The van der Waals surface area contributed by atoms with E-state index in [-0.39, 0.29) is 12.6 Å². The van der Waals surface area contributed by atoms with E-state index in [4.69, 9.17) is 0 Å². The summed E-state index contributed by atoms with van der Waals surface area (Å²) in [4.78, 5) is 8.44. The van der Waals surface area contributed by atoms with Gasteiger partial charge in [0.05, 0.1) is 12.6 Å². The molecule has 0 unspecified atom stereocenters. The topological polar surface area (TPSA) is 70.1 Å². The first-order valence-electron chi connectivity index (χ1n) is 6.03. The van der Waals surface area contributed by atoms with Crippen LogP contribution in [0, 0.1) is 5.92 Å². The Morgan fingerprint density at radius 2 is 1.94 bits per heavy atom. The number of nitrogens with one attached hydrogen (secondary N) is 2. The van der Waals surface area contributed by atoms with Crippen molar-refractivity contribution in [1.29, 1.82) is 0 Å². The second-order valence-electron chi connectivity index (χ2n) is 4.33. The summed E-state index contributed by atoms with van der Waals surface area (Å²) in [5, 5.41) is 15.7. The summed E-state index contributed by atoms with van der Waals surface area (Å²) in [5.41, 5.74) is 1.05. The van der Waals surface area contributed by atoms with Crippen molar-refractivity contribution in [2.24, 2.45) is 5.92 Å². The fourth-order valence-corrected chi connectivity index (χ4v) is 1.69. The highest BCUT2D eigenvalue weighted by Crippen LogP contribution is 2.21. The predicted octanol–water partition coefficient (Wildman–Crippen LogP) is 1.51. The lowest BCUT2D eigenvalue weighted by molar-refractivity contribution is 0.249. The minimum absolute atomic E-state index is 0.0138. The van der Waals surface area contributed by atoms with E-state index >= 15 is 0 Å². The van der Waals surface area contributed by atoms with Crippen molar-refractivity contribution in [2.45, 2.75) is 33.2 Å². The first-order valence-corrected chi connectivity index (χ1v) is 6.03. The highest BCUT2D eigenvalue weighted by atomic mass is 16.3. The molecular weight excluding hydrogens is 216 g/mol. The van der Waals surface area contributed by atoms with Gasteiger partial charge < -0.3 is 15.7 Å². The van der Waals surface area contributed by atoms with Gasteiger partial charge in [0.1, 0.15) is 18.0 Å². The van der Waals surface area contributed by atoms with Crippen LogP contribution in [0.25, 0.3) is 0 Å². The van der Waals surface area contributed by atoms with E-state index in [1.165, 1.54) is 6.33 Å². The van der Waals surface area contributed by atoms with Gasteiger partial charge in [-0.25, -0.2) is 9.97 Å². The fourth-order valence-electron chi connectivity index (χ4n) is 1.69. The van der Waals surface area contributed by atoms with Gasteiger partial charge in [-0.3, -0.25) is 0 Å². The van der Waals surface area contributed by atoms with E-state index in [9.17, 15) is 5.11 Å². The van der Waals surface area contributed by atoms with Gasteiger partial charge in [0.15, 0.2) is 0 Å². The number of hydrogen-bond donors (Lipinski definition) is 3. The number of aliphatic hydroxyl groups excluding tert-OH is 1. The van der Waals surface area contributed by atoms with Crippen LogP contribution in [0.3, 0.4) is 0 Å². The van der Waals surface area contributed by atoms with E-state index in [1.54, 1.807) is 0 Å². The van der Waals surface area contributed by atoms with Crippen LogP contribution >= 0.6 is 0 Å². The molecule has 96 valence electrons. The molecule has 0 amide bonds. The van der Waals surface area contributed by atoms with Crippen LogP contribution in [0.2, 0.25) is 0 Å². The molecule has 1 heterocycles. The maximum Gasteiger partial charge on any atom is 0.135 e. The summed E-state index contributed by atoms with van der Waals surface area (Å²) in [7, 11) is 1.84. The average molecular weight is 238 g/mol. The summed E-state index contributed by atoms with van der Waals surface area (Å²) in [6.07, 6.45) is 2.37. The molecule has 0 aliphatic heterocycles. The molecule has 5 heteroatoms. The molecule has 0 fully saturated rings. The molecule has 1 aromatic rings. The van der Waals surface area contributed by atoms with Gasteiger partial charge in [-0.15, -0.1) is 0 Å². The number of aromatic nitrogens is 2. The molecule has 0 radical (unpaired) electrons. The van der Waals surface area contributed by atoms with Crippen LogP contribution in [-0.4, -0.2) is 34.8 Å². The van der Waals surface area contributed by atoms with Crippen molar-refractivity contribution < 1.29 is 5.11 Å². The highest BCUT2D eigenvalue weighted by molar-refractivity contribution is 5.57. The standard InChI is InChI=1S/C12H22N4O/c1-5-9-11(13-4)14-7-15-12(9)16-10(6-17)8(2)3/h7-8,10,17H,5-6H2,1-4H3,(H2,13,14,15,16)/t10-/m1/s1. The molecule has 0 bridgehead atoms. The molecule has 0 spiro atoms. The molecule has 0 aliphatic rings. The highest BCUT2D eigenvalue weighted by Gasteiger charge is 2.15. The van der Waals surface area contributed by atoms with Crippen LogP contribution in [-0.2, 0) is 6.42 Å². The quantitative estimate of drug-likeness (QED) is 0.701. The molecule has 1 atom stereocenters. The zero-order valence-electron chi connectivity index (χ0n) is 11.0. The van der Waals surface area contributed by atoms with E-state index < -0.39 is 0 Å². The lowest BCUT2D eigenvalue weighted by Crippen LogP contribution is -2.30. The summed E-state index contributed by atoms with van der Waals surface area (Å²) in [5.74, 6) is 1.99. The number of rotatable bonds is 6. The second kappa shape index (κ2) is 6.39. The normalized spacial score (nSPS) is 12.6. The predicted molar refractivity (Wildman–Crippen MR) is 70.3 cm³/mol. The number of aliphatic hydroxyl groups is 1. The third kappa shape index (κ3) is 3.30. The molecular formula is C12H22N4O. The lowest BCUT2D eigenvalue weighted by Gasteiger charge is -2.22. The van der Waals surface area contributed by atoms with Gasteiger partial charge >= 0.3 is 0 Å². The molecule has 0 saturated carbocycles. The Morgan fingerprint density at radius 3 is 2.41 bits per heavy atom. The van der Waals surface area contributed by atoms with Crippen molar-refractivity contribution in [3.05, 3.63) is 11.9 Å². The molecule has 5 nitrogen and oxygen atoms in total. The molecule has 3 N–H and O–H groups in total. The van der Waals surface area contributed by atoms with E-state index in [0.717, 1.165) is 23.6 Å². The lowest BCUT2D eigenvalue weighted by atomic mass is 10.0. The molecule has 17 heavy (non-hydrogen) atoms. The van der Waals surface area contributed by atoms with Crippen LogP contribution in [0.5, 0.6) is 0 Å². The minimum atomic E-state index is 0.0138. The minimum Gasteiger partial charge on any atom is -0.394 e. The maximum absolute atomic E-state index is 9.33. The Kier molecular flexibility index (Phi) is 5.15. The van der Waals surface area contributed by atoms with Crippen molar-refractivity contribution in [1.82, 2.24) is 9.97 Å². The molecule has 1 aromatic heterocycles. The molecule has 0 aliphatic carbocycles. The summed E-state index contributed by atoms with van der Waals surface area (Å²) in [6, 6.07) is 0.0138. The van der Waals surface area contributed by atoms with Crippen LogP contribution < -0.4 is 10.6 Å². The van der Waals surface area contributed by atoms with E-state index in [0.29, 0.717) is 5.92 Å². The van der Waals surface area contributed by atoms with Gasteiger partial charge in [-0.05, 0) is 12.3 Å². The summed E-state index contributed by atoms with van der Waals surface area (Å²) >= 11 is 0. The first kappa shape index (κ1) is 13.7. The third-order valence-corrected chi connectivity index (χ3v) is 2.86. The summed E-state index contributed by atoms with van der Waals surface area (Å²) in [6.45, 7) is 6.30. The Labute approximate surface area is 103 Å².